The fraction of sp³-hybridized carbons (Fsp3) is 0.158. The predicted molar refractivity (Wildman–Crippen MR) is 93.3 cm³/mol. The normalized spacial score (nSPS) is 10.6. The highest BCUT2D eigenvalue weighted by atomic mass is 16.5. The number of aryl methyl sites for hydroxylation is 1. The molecule has 3 aromatic rings. The van der Waals surface area contributed by atoms with Crippen molar-refractivity contribution >= 4 is 28.5 Å². The van der Waals surface area contributed by atoms with Gasteiger partial charge in [0.25, 0.3) is 5.91 Å². The Balaban J connectivity index is 1.92. The zero-order chi connectivity index (χ0) is 17.1. The van der Waals surface area contributed by atoms with Crippen LogP contribution < -0.4 is 5.32 Å². The number of ether oxygens (including phenoxy) is 1. The van der Waals surface area contributed by atoms with Gasteiger partial charge in [0.15, 0.2) is 0 Å². The lowest BCUT2D eigenvalue weighted by molar-refractivity contribution is 0.0527. The second-order valence-electron chi connectivity index (χ2n) is 5.37. The van der Waals surface area contributed by atoms with Crippen molar-refractivity contribution in [2.24, 2.45) is 7.05 Å². The number of benzene rings is 2. The summed E-state index contributed by atoms with van der Waals surface area (Å²) >= 11 is 0. The van der Waals surface area contributed by atoms with Crippen molar-refractivity contribution in [3.8, 4) is 0 Å². The van der Waals surface area contributed by atoms with E-state index in [0.29, 0.717) is 16.9 Å². The van der Waals surface area contributed by atoms with Crippen LogP contribution in [0, 0.1) is 0 Å². The minimum absolute atomic E-state index is 0.273. The van der Waals surface area contributed by atoms with E-state index < -0.39 is 5.97 Å². The summed E-state index contributed by atoms with van der Waals surface area (Å²) < 4.78 is 6.86. The summed E-state index contributed by atoms with van der Waals surface area (Å²) in [6, 6.07) is 16.4. The molecule has 3 rings (SSSR count). The molecule has 1 amide bonds. The van der Waals surface area contributed by atoms with Crippen LogP contribution >= 0.6 is 0 Å². The summed E-state index contributed by atoms with van der Waals surface area (Å²) in [6.07, 6.45) is 0. The van der Waals surface area contributed by atoms with E-state index >= 15 is 0 Å². The lowest BCUT2D eigenvalue weighted by Gasteiger charge is -2.10. The summed E-state index contributed by atoms with van der Waals surface area (Å²) in [5.41, 5.74) is 2.27. The quantitative estimate of drug-likeness (QED) is 0.747. The molecule has 0 saturated heterocycles. The van der Waals surface area contributed by atoms with Gasteiger partial charge in [-0.15, -0.1) is 0 Å². The van der Waals surface area contributed by atoms with E-state index in [4.69, 9.17) is 4.74 Å². The van der Waals surface area contributed by atoms with E-state index in [1.807, 2.05) is 41.9 Å². The van der Waals surface area contributed by atoms with Crippen LogP contribution in [-0.2, 0) is 11.8 Å². The zero-order valence-electron chi connectivity index (χ0n) is 13.6. The number of para-hydroxylation sites is 2. The maximum absolute atomic E-state index is 12.7. The van der Waals surface area contributed by atoms with Gasteiger partial charge < -0.3 is 14.6 Å². The van der Waals surface area contributed by atoms with Crippen molar-refractivity contribution in [3.63, 3.8) is 0 Å². The molecule has 5 nitrogen and oxygen atoms in total. The highest BCUT2D eigenvalue weighted by Gasteiger charge is 2.17. The molecule has 24 heavy (non-hydrogen) atoms. The Morgan fingerprint density at radius 3 is 2.54 bits per heavy atom. The summed E-state index contributed by atoms with van der Waals surface area (Å²) in [5.74, 6) is -0.726. The first-order valence-electron chi connectivity index (χ1n) is 7.73. The molecule has 122 valence electrons. The first-order valence-corrected chi connectivity index (χ1v) is 7.73. The third kappa shape index (κ3) is 2.88. The van der Waals surface area contributed by atoms with Gasteiger partial charge in [-0.1, -0.05) is 30.3 Å². The Kier molecular flexibility index (Phi) is 4.33. The average molecular weight is 322 g/mol. The van der Waals surface area contributed by atoms with Crippen LogP contribution in [0.3, 0.4) is 0 Å². The van der Waals surface area contributed by atoms with Crippen molar-refractivity contribution in [1.29, 1.82) is 0 Å². The fourth-order valence-electron chi connectivity index (χ4n) is 2.67. The third-order valence-electron chi connectivity index (χ3n) is 3.85. The zero-order valence-corrected chi connectivity index (χ0v) is 13.6. The van der Waals surface area contributed by atoms with E-state index in [-0.39, 0.29) is 12.5 Å². The van der Waals surface area contributed by atoms with Crippen molar-refractivity contribution in [2.45, 2.75) is 6.92 Å². The van der Waals surface area contributed by atoms with Gasteiger partial charge in [0.2, 0.25) is 0 Å². The maximum atomic E-state index is 12.7. The van der Waals surface area contributed by atoms with Crippen LogP contribution in [0.15, 0.2) is 54.6 Å². The number of rotatable bonds is 4. The number of nitrogens with one attached hydrogen (secondary N) is 1. The minimum atomic E-state index is -0.453. The number of esters is 1. The summed E-state index contributed by atoms with van der Waals surface area (Å²) in [5, 5.41) is 3.80. The molecule has 0 aliphatic carbocycles. The van der Waals surface area contributed by atoms with Crippen LogP contribution in [0.25, 0.3) is 10.9 Å². The van der Waals surface area contributed by atoms with Crippen molar-refractivity contribution in [3.05, 3.63) is 65.9 Å². The second kappa shape index (κ2) is 6.58. The average Bonchev–Trinajstić information content (AvgIpc) is 2.93. The number of fused-ring (bicyclic) bond motifs is 1. The smallest absolute Gasteiger partial charge is 0.340 e. The topological polar surface area (TPSA) is 60.3 Å². The number of amides is 1. The molecule has 0 spiro atoms. The maximum Gasteiger partial charge on any atom is 0.340 e. The van der Waals surface area contributed by atoms with Gasteiger partial charge in [-0.2, -0.15) is 0 Å². The van der Waals surface area contributed by atoms with Gasteiger partial charge in [-0.3, -0.25) is 4.79 Å². The highest BCUT2D eigenvalue weighted by Crippen LogP contribution is 2.21. The molecule has 0 atom stereocenters. The lowest BCUT2D eigenvalue weighted by atomic mass is 10.1. The Morgan fingerprint density at radius 2 is 1.79 bits per heavy atom. The molecule has 0 bridgehead atoms. The number of carbonyl (C=O) groups excluding carboxylic acids is 2. The molecule has 0 saturated carbocycles. The first kappa shape index (κ1) is 15.8. The van der Waals surface area contributed by atoms with Gasteiger partial charge in [0, 0.05) is 18.0 Å². The Morgan fingerprint density at radius 1 is 1.08 bits per heavy atom. The van der Waals surface area contributed by atoms with Crippen LogP contribution in [0.1, 0.15) is 27.8 Å². The molecule has 0 radical (unpaired) electrons. The van der Waals surface area contributed by atoms with E-state index in [2.05, 4.69) is 5.32 Å². The van der Waals surface area contributed by atoms with E-state index in [0.717, 1.165) is 10.9 Å². The molecular formula is C19H18N2O3. The van der Waals surface area contributed by atoms with Crippen LogP contribution in [0.4, 0.5) is 5.69 Å². The molecule has 0 aliphatic rings. The predicted octanol–water partition coefficient (Wildman–Crippen LogP) is 3.61. The van der Waals surface area contributed by atoms with Gasteiger partial charge in [-0.25, -0.2) is 4.79 Å². The molecule has 2 aromatic carbocycles. The Labute approximate surface area is 139 Å². The molecule has 0 aliphatic heterocycles. The molecule has 1 heterocycles. The van der Waals surface area contributed by atoms with Crippen molar-refractivity contribution in [2.75, 3.05) is 11.9 Å². The molecule has 5 heteroatoms. The van der Waals surface area contributed by atoms with Crippen LogP contribution in [0.2, 0.25) is 0 Å². The summed E-state index contributed by atoms with van der Waals surface area (Å²) in [7, 11) is 1.84. The van der Waals surface area contributed by atoms with Crippen molar-refractivity contribution in [1.82, 2.24) is 4.57 Å². The first-order chi connectivity index (χ1) is 11.6. The minimum Gasteiger partial charge on any atom is -0.462 e. The number of carbonyl (C=O) groups is 2. The number of hydrogen-bond acceptors (Lipinski definition) is 3. The third-order valence-corrected chi connectivity index (χ3v) is 3.85. The highest BCUT2D eigenvalue weighted by molar-refractivity contribution is 6.09. The van der Waals surface area contributed by atoms with Crippen LogP contribution in [-0.4, -0.2) is 23.1 Å². The second-order valence-corrected chi connectivity index (χ2v) is 5.37. The molecule has 0 unspecified atom stereocenters. The molecule has 1 aromatic heterocycles. The van der Waals surface area contributed by atoms with E-state index in [1.54, 1.807) is 31.2 Å². The molecule has 1 N–H and O–H groups in total. The van der Waals surface area contributed by atoms with Gasteiger partial charge in [-0.05, 0) is 31.2 Å². The number of anilines is 1. The summed E-state index contributed by atoms with van der Waals surface area (Å²) in [6.45, 7) is 2.03. The number of aromatic nitrogens is 1. The number of nitrogens with zero attached hydrogens (tertiary/aromatic N) is 1. The fourth-order valence-corrected chi connectivity index (χ4v) is 2.67. The van der Waals surface area contributed by atoms with Gasteiger partial charge in [0.1, 0.15) is 5.69 Å². The molecular weight excluding hydrogens is 304 g/mol. The number of hydrogen-bond donors (Lipinski definition) is 1. The van der Waals surface area contributed by atoms with E-state index in [9.17, 15) is 9.59 Å². The van der Waals surface area contributed by atoms with Crippen molar-refractivity contribution < 1.29 is 14.3 Å². The monoisotopic (exact) mass is 322 g/mol. The standard InChI is InChI=1S/C19H18N2O3/c1-3-24-19(23)14-9-5-6-10-15(14)20-18(22)17-12-13-8-4-7-11-16(13)21(17)2/h4-12H,3H2,1-2H3,(H,20,22). The van der Waals surface area contributed by atoms with E-state index in [1.165, 1.54) is 0 Å². The SMILES string of the molecule is CCOC(=O)c1ccccc1NC(=O)c1cc2ccccc2n1C. The summed E-state index contributed by atoms with van der Waals surface area (Å²) in [4.78, 5) is 24.7. The largest absolute Gasteiger partial charge is 0.462 e. The lowest BCUT2D eigenvalue weighted by Crippen LogP contribution is -2.18. The molecule has 0 fully saturated rings. The van der Waals surface area contributed by atoms with Crippen LogP contribution in [0.5, 0.6) is 0 Å². The van der Waals surface area contributed by atoms with Gasteiger partial charge >= 0.3 is 5.97 Å². The Bertz CT molecular complexity index is 912. The Hall–Kier alpha value is -3.08. The van der Waals surface area contributed by atoms with Gasteiger partial charge in [0.05, 0.1) is 17.9 Å².